The molecule has 2 fully saturated rings. The Balaban J connectivity index is 1.30. The molecule has 0 aromatic heterocycles. The van der Waals surface area contributed by atoms with Gasteiger partial charge in [-0.2, -0.15) is 0 Å². The van der Waals surface area contributed by atoms with Gasteiger partial charge in [0.1, 0.15) is 24.1 Å². The average molecular weight is 599 g/mol. The molecule has 4 atom stereocenters. The molecule has 0 spiro atoms. The maximum atomic E-state index is 14.2. The van der Waals surface area contributed by atoms with Gasteiger partial charge >= 0.3 is 11.9 Å². The second-order valence-corrected chi connectivity index (χ2v) is 11.9. The van der Waals surface area contributed by atoms with Gasteiger partial charge in [0.2, 0.25) is 0 Å². The SMILES string of the molecule is CCCN(C(=O)NCc1ccccc1)N1CC(=O)[NH+]2C(Cc3ccc(O)cc3)C(=O)N(Cc3cccc4c3OC(C)C4)CC12. The Hall–Kier alpha value is -4.41. The summed E-state index contributed by atoms with van der Waals surface area (Å²) in [7, 11) is 0. The number of piperazine rings is 1. The molecule has 3 aliphatic rings. The number of phenols is 1. The van der Waals surface area contributed by atoms with Gasteiger partial charge in [0.05, 0.1) is 6.54 Å². The topological polar surface area (TPSA) is 107 Å². The van der Waals surface area contributed by atoms with E-state index in [2.05, 4.69) is 11.4 Å². The fourth-order valence-electron chi connectivity index (χ4n) is 6.68. The summed E-state index contributed by atoms with van der Waals surface area (Å²) in [5, 5.41) is 16.4. The second kappa shape index (κ2) is 12.7. The molecule has 230 valence electrons. The van der Waals surface area contributed by atoms with Crippen molar-refractivity contribution in [2.24, 2.45) is 0 Å². The Morgan fingerprint density at radius 1 is 1.05 bits per heavy atom. The Morgan fingerprint density at radius 2 is 1.82 bits per heavy atom. The zero-order valence-corrected chi connectivity index (χ0v) is 25.2. The van der Waals surface area contributed by atoms with E-state index in [-0.39, 0.29) is 42.8 Å². The third-order valence-electron chi connectivity index (χ3n) is 8.73. The maximum absolute atomic E-state index is 14.2. The first-order valence-corrected chi connectivity index (χ1v) is 15.4. The van der Waals surface area contributed by atoms with Gasteiger partial charge in [-0.25, -0.2) is 14.5 Å². The highest BCUT2D eigenvalue weighted by Crippen LogP contribution is 2.33. The van der Waals surface area contributed by atoms with Crippen molar-refractivity contribution < 1.29 is 29.1 Å². The molecule has 3 aliphatic heterocycles. The van der Waals surface area contributed by atoms with E-state index in [1.54, 1.807) is 29.3 Å². The van der Waals surface area contributed by atoms with Crippen LogP contribution in [0, 0.1) is 0 Å². The summed E-state index contributed by atoms with van der Waals surface area (Å²) in [5.41, 5.74) is 3.91. The first-order chi connectivity index (χ1) is 21.3. The second-order valence-electron chi connectivity index (χ2n) is 11.9. The smallest absolute Gasteiger partial charge is 0.332 e. The van der Waals surface area contributed by atoms with E-state index in [0.29, 0.717) is 37.4 Å². The molecule has 10 nitrogen and oxygen atoms in total. The lowest BCUT2D eigenvalue weighted by Crippen LogP contribution is -3.24. The molecule has 6 rings (SSSR count). The molecule has 0 bridgehead atoms. The van der Waals surface area contributed by atoms with E-state index in [1.807, 2.05) is 66.2 Å². The summed E-state index contributed by atoms with van der Waals surface area (Å²) in [6.07, 6.45) is 1.50. The first kappa shape index (κ1) is 29.7. The molecule has 44 heavy (non-hydrogen) atoms. The number of fused-ring (bicyclic) bond motifs is 2. The highest BCUT2D eigenvalue weighted by atomic mass is 16.5. The predicted molar refractivity (Wildman–Crippen MR) is 163 cm³/mol. The van der Waals surface area contributed by atoms with E-state index in [4.69, 9.17) is 4.74 Å². The number of carbonyl (C=O) groups excluding carboxylic acids is 3. The van der Waals surface area contributed by atoms with Crippen LogP contribution in [0.1, 0.15) is 42.5 Å². The van der Waals surface area contributed by atoms with Crippen molar-refractivity contribution in [1.29, 1.82) is 0 Å². The Bertz CT molecular complexity index is 1510. The van der Waals surface area contributed by atoms with Crippen molar-refractivity contribution in [3.8, 4) is 11.5 Å². The zero-order valence-electron chi connectivity index (χ0n) is 25.2. The Morgan fingerprint density at radius 3 is 2.57 bits per heavy atom. The van der Waals surface area contributed by atoms with Crippen LogP contribution < -0.4 is 15.0 Å². The number of amides is 4. The summed E-state index contributed by atoms with van der Waals surface area (Å²) in [6.45, 7) is 5.52. The van der Waals surface area contributed by atoms with Crippen LogP contribution in [0.5, 0.6) is 11.5 Å². The molecule has 0 saturated carbocycles. The standard InChI is InChI=1S/C34H39N5O5/c1-3-16-37(34(43)35-19-25-8-5-4-6-9-25)38-22-31(41)39-29(18-24-12-14-28(40)15-13-24)33(42)36(21-30(38)39)20-27-11-7-10-26-17-23(2)44-32(26)27/h4-15,23,29-30,40H,3,16-22H2,1-2H3,(H,35,43)/p+1. The highest BCUT2D eigenvalue weighted by molar-refractivity contribution is 5.85. The minimum atomic E-state index is -0.678. The molecule has 10 heteroatoms. The van der Waals surface area contributed by atoms with Crippen molar-refractivity contribution in [3.05, 3.63) is 95.1 Å². The number of rotatable bonds is 9. The molecule has 2 saturated heterocycles. The maximum Gasteiger partial charge on any atom is 0.332 e. The third kappa shape index (κ3) is 6.00. The average Bonchev–Trinajstić information content (AvgIpc) is 3.57. The fourth-order valence-corrected chi connectivity index (χ4v) is 6.68. The van der Waals surface area contributed by atoms with Gasteiger partial charge in [-0.1, -0.05) is 67.6 Å². The van der Waals surface area contributed by atoms with Crippen LogP contribution in [0.2, 0.25) is 0 Å². The summed E-state index contributed by atoms with van der Waals surface area (Å²) < 4.78 is 6.15. The molecule has 4 unspecified atom stereocenters. The monoisotopic (exact) mass is 598 g/mol. The van der Waals surface area contributed by atoms with Crippen LogP contribution in [-0.4, -0.2) is 75.8 Å². The van der Waals surface area contributed by atoms with Crippen molar-refractivity contribution >= 4 is 17.8 Å². The number of hydrogen-bond donors (Lipinski definition) is 3. The van der Waals surface area contributed by atoms with E-state index in [1.165, 1.54) is 0 Å². The number of para-hydroxylation sites is 1. The lowest BCUT2D eigenvalue weighted by molar-refractivity contribution is -0.871. The van der Waals surface area contributed by atoms with E-state index in [0.717, 1.165) is 34.4 Å². The molecule has 3 N–H and O–H groups in total. The van der Waals surface area contributed by atoms with Crippen molar-refractivity contribution in [2.75, 3.05) is 19.6 Å². The number of urea groups is 1. The lowest BCUT2D eigenvalue weighted by Gasteiger charge is -2.42. The van der Waals surface area contributed by atoms with Crippen LogP contribution in [0.4, 0.5) is 4.79 Å². The largest absolute Gasteiger partial charge is 0.508 e. The number of nitrogens with one attached hydrogen (secondary N) is 2. The van der Waals surface area contributed by atoms with Gasteiger partial charge in [0, 0.05) is 38.0 Å². The Kier molecular flexibility index (Phi) is 8.54. The van der Waals surface area contributed by atoms with Gasteiger partial charge in [0.15, 0.2) is 12.2 Å². The summed E-state index contributed by atoms with van der Waals surface area (Å²) in [5.74, 6) is 0.757. The first-order valence-electron chi connectivity index (χ1n) is 15.4. The normalized spacial score (nSPS) is 22.8. The number of carbonyl (C=O) groups is 3. The number of aromatic hydroxyl groups is 1. The molecule has 3 heterocycles. The van der Waals surface area contributed by atoms with E-state index < -0.39 is 12.2 Å². The van der Waals surface area contributed by atoms with Gasteiger partial charge in [-0.15, -0.1) is 5.01 Å². The molecule has 0 aliphatic carbocycles. The molecule has 0 radical (unpaired) electrons. The number of hydrazine groups is 1. The summed E-state index contributed by atoms with van der Waals surface area (Å²) >= 11 is 0. The van der Waals surface area contributed by atoms with E-state index in [9.17, 15) is 19.5 Å². The number of hydrogen-bond acceptors (Lipinski definition) is 6. The quantitative estimate of drug-likeness (QED) is 0.349. The van der Waals surface area contributed by atoms with Crippen LogP contribution in [0.15, 0.2) is 72.8 Å². The van der Waals surface area contributed by atoms with Gasteiger partial charge < -0.3 is 20.1 Å². The van der Waals surface area contributed by atoms with Crippen molar-refractivity contribution in [1.82, 2.24) is 20.2 Å². The minimum Gasteiger partial charge on any atom is -0.508 e. The van der Waals surface area contributed by atoms with Gasteiger partial charge in [0.25, 0.3) is 5.91 Å². The van der Waals surface area contributed by atoms with Crippen LogP contribution in [0.25, 0.3) is 0 Å². The third-order valence-corrected chi connectivity index (χ3v) is 8.73. The molecular formula is C34H40N5O5+. The summed E-state index contributed by atoms with van der Waals surface area (Å²) in [4.78, 5) is 43.9. The van der Waals surface area contributed by atoms with Crippen LogP contribution >= 0.6 is 0 Å². The predicted octanol–water partition coefficient (Wildman–Crippen LogP) is 2.26. The molecule has 3 aromatic rings. The number of ether oxygens (including phenoxy) is 1. The zero-order chi connectivity index (χ0) is 30.8. The van der Waals surface area contributed by atoms with Crippen LogP contribution in [-0.2, 0) is 35.5 Å². The molecular weight excluding hydrogens is 558 g/mol. The number of nitrogens with zero attached hydrogens (tertiary/aromatic N) is 3. The molecule has 4 amide bonds. The van der Waals surface area contributed by atoms with Gasteiger partial charge in [-0.3, -0.25) is 9.80 Å². The number of benzene rings is 3. The number of phenolic OH excluding ortho intramolecular Hbond substituents is 1. The van der Waals surface area contributed by atoms with Crippen molar-refractivity contribution in [2.45, 2.75) is 64.5 Å². The fraction of sp³-hybridized carbons (Fsp3) is 0.382. The summed E-state index contributed by atoms with van der Waals surface area (Å²) in [6, 6.07) is 21.6. The van der Waals surface area contributed by atoms with Gasteiger partial charge in [-0.05, 0) is 42.2 Å². The number of quaternary nitrogens is 1. The minimum absolute atomic E-state index is 0.0350. The van der Waals surface area contributed by atoms with Crippen LogP contribution in [0.3, 0.4) is 0 Å². The van der Waals surface area contributed by atoms with Crippen molar-refractivity contribution in [3.63, 3.8) is 0 Å². The highest BCUT2D eigenvalue weighted by Gasteiger charge is 2.57. The van der Waals surface area contributed by atoms with E-state index >= 15 is 0 Å². The Labute approximate surface area is 257 Å². The molecule has 3 aromatic carbocycles. The lowest BCUT2D eigenvalue weighted by atomic mass is 9.99.